The molecule has 0 aliphatic carbocycles. The van der Waals surface area contributed by atoms with Gasteiger partial charge in [-0.15, -0.1) is 5.10 Å². The van der Waals surface area contributed by atoms with Crippen molar-refractivity contribution in [3.05, 3.63) is 24.3 Å². The summed E-state index contributed by atoms with van der Waals surface area (Å²) < 4.78 is 31.9. The summed E-state index contributed by atoms with van der Waals surface area (Å²) in [7, 11) is -1.72. The summed E-state index contributed by atoms with van der Waals surface area (Å²) in [5.41, 5.74) is 1.10. The van der Waals surface area contributed by atoms with Crippen molar-refractivity contribution in [3.63, 3.8) is 0 Å². The van der Waals surface area contributed by atoms with E-state index in [1.54, 1.807) is 31.4 Å². The first-order chi connectivity index (χ1) is 8.02. The molecule has 7 heteroatoms. The zero-order valence-corrected chi connectivity index (χ0v) is 10.9. The van der Waals surface area contributed by atoms with Gasteiger partial charge in [-0.2, -0.15) is 0 Å². The van der Waals surface area contributed by atoms with Crippen LogP contribution in [0.2, 0.25) is 0 Å². The number of hydrogen-bond acceptors (Lipinski definition) is 6. The van der Waals surface area contributed by atoms with Crippen LogP contribution in [0.5, 0.6) is 5.75 Å². The highest BCUT2D eigenvalue weighted by Gasteiger charge is 2.19. The van der Waals surface area contributed by atoms with Crippen molar-refractivity contribution in [2.24, 2.45) is 0 Å². The highest BCUT2D eigenvalue weighted by atomic mass is 32.2. The van der Waals surface area contributed by atoms with Crippen molar-refractivity contribution in [1.29, 1.82) is 0 Å². The van der Waals surface area contributed by atoms with Gasteiger partial charge in [0.1, 0.15) is 11.4 Å². The Balaban J connectivity index is 2.50. The molecule has 2 rings (SSSR count). The average molecular weight is 270 g/mol. The molecule has 0 spiro atoms. The number of aromatic nitrogens is 2. The summed E-state index contributed by atoms with van der Waals surface area (Å²) in [6, 6.07) is 7.01. The molecule has 0 saturated carbocycles. The highest BCUT2D eigenvalue weighted by Crippen LogP contribution is 2.28. The van der Waals surface area contributed by atoms with Crippen LogP contribution in [-0.2, 0) is 9.84 Å². The van der Waals surface area contributed by atoms with E-state index in [2.05, 4.69) is 9.59 Å². The van der Waals surface area contributed by atoms with E-state index < -0.39 is 9.84 Å². The van der Waals surface area contributed by atoms with Crippen LogP contribution in [0.25, 0.3) is 11.3 Å². The summed E-state index contributed by atoms with van der Waals surface area (Å²) in [6.07, 6.45) is 1.15. The summed E-state index contributed by atoms with van der Waals surface area (Å²) in [6.45, 7) is 0. The lowest BCUT2D eigenvalue weighted by atomic mass is 10.2. The Labute approximate surface area is 103 Å². The molecule has 0 saturated heterocycles. The number of sulfone groups is 1. The maximum atomic E-state index is 11.5. The molecule has 1 heterocycles. The van der Waals surface area contributed by atoms with E-state index >= 15 is 0 Å². The number of nitrogens with zero attached hydrogens (tertiary/aromatic N) is 2. The predicted octanol–water partition coefficient (Wildman–Crippen LogP) is 1.62. The number of rotatable bonds is 3. The molecule has 90 valence electrons. The zero-order chi connectivity index (χ0) is 12.5. The van der Waals surface area contributed by atoms with Crippen LogP contribution < -0.4 is 4.74 Å². The van der Waals surface area contributed by atoms with E-state index in [0.717, 1.165) is 17.8 Å². The highest BCUT2D eigenvalue weighted by molar-refractivity contribution is 7.92. The molecular formula is C10H10N2O3S2. The molecule has 0 bridgehead atoms. The molecule has 2 aromatic rings. The van der Waals surface area contributed by atoms with Crippen molar-refractivity contribution >= 4 is 21.4 Å². The quantitative estimate of drug-likeness (QED) is 0.847. The van der Waals surface area contributed by atoms with Crippen molar-refractivity contribution in [3.8, 4) is 17.0 Å². The molecule has 0 atom stereocenters. The fourth-order valence-corrected chi connectivity index (χ4v) is 2.94. The minimum atomic E-state index is -3.29. The number of ether oxygens (including phenoxy) is 1. The molecule has 17 heavy (non-hydrogen) atoms. The normalized spacial score (nSPS) is 11.4. The van der Waals surface area contributed by atoms with Crippen molar-refractivity contribution in [1.82, 2.24) is 9.59 Å². The molecule has 1 aromatic carbocycles. The Morgan fingerprint density at radius 3 is 2.41 bits per heavy atom. The van der Waals surface area contributed by atoms with Gasteiger partial charge in [-0.25, -0.2) is 8.42 Å². The predicted molar refractivity (Wildman–Crippen MR) is 65.0 cm³/mol. The second kappa shape index (κ2) is 4.42. The van der Waals surface area contributed by atoms with Crippen LogP contribution in [0.3, 0.4) is 0 Å². The van der Waals surface area contributed by atoms with Crippen molar-refractivity contribution in [2.75, 3.05) is 13.4 Å². The standard InChI is InChI=1S/C10H10N2O3S2/c1-15-8-5-3-7(4-6-8)9-10(16-12-11-9)17(2,13)14/h3-6H,1-2H3. The van der Waals surface area contributed by atoms with Crippen LogP contribution in [0, 0.1) is 0 Å². The monoisotopic (exact) mass is 270 g/mol. The van der Waals surface area contributed by atoms with Gasteiger partial charge < -0.3 is 4.74 Å². The van der Waals surface area contributed by atoms with E-state index in [4.69, 9.17) is 4.74 Å². The zero-order valence-electron chi connectivity index (χ0n) is 9.25. The molecule has 0 N–H and O–H groups in total. The SMILES string of the molecule is COc1ccc(-c2nnsc2S(C)(=O)=O)cc1. The first-order valence-electron chi connectivity index (χ1n) is 4.69. The molecule has 0 unspecified atom stereocenters. The Bertz CT molecular complexity index is 617. The Hall–Kier alpha value is -1.47. The van der Waals surface area contributed by atoms with Gasteiger partial charge in [0.15, 0.2) is 14.0 Å². The van der Waals surface area contributed by atoms with E-state index in [9.17, 15) is 8.42 Å². The van der Waals surface area contributed by atoms with Crippen LogP contribution in [0.4, 0.5) is 0 Å². The van der Waals surface area contributed by atoms with Crippen LogP contribution in [0.15, 0.2) is 28.5 Å². The summed E-state index contributed by atoms with van der Waals surface area (Å²) in [5, 5.41) is 3.86. The Morgan fingerprint density at radius 1 is 1.24 bits per heavy atom. The summed E-state index contributed by atoms with van der Waals surface area (Å²) in [5.74, 6) is 0.706. The number of hydrogen-bond donors (Lipinski definition) is 0. The van der Waals surface area contributed by atoms with Gasteiger partial charge in [0.25, 0.3) is 0 Å². The molecule has 0 radical (unpaired) electrons. The van der Waals surface area contributed by atoms with Crippen LogP contribution in [-0.4, -0.2) is 31.4 Å². The number of benzene rings is 1. The van der Waals surface area contributed by atoms with Gasteiger partial charge in [0, 0.05) is 23.4 Å². The van der Waals surface area contributed by atoms with Gasteiger partial charge >= 0.3 is 0 Å². The second-order valence-electron chi connectivity index (χ2n) is 3.41. The van der Waals surface area contributed by atoms with E-state index in [1.165, 1.54) is 0 Å². The van der Waals surface area contributed by atoms with E-state index in [-0.39, 0.29) is 4.21 Å². The first-order valence-corrected chi connectivity index (χ1v) is 7.35. The summed E-state index contributed by atoms with van der Waals surface area (Å²) in [4.78, 5) is 0. The molecule has 5 nitrogen and oxygen atoms in total. The van der Waals surface area contributed by atoms with Gasteiger partial charge in [-0.05, 0) is 24.3 Å². The van der Waals surface area contributed by atoms with Gasteiger partial charge in [-0.1, -0.05) is 4.49 Å². The van der Waals surface area contributed by atoms with Gasteiger partial charge in [-0.3, -0.25) is 0 Å². The molecule has 1 aromatic heterocycles. The van der Waals surface area contributed by atoms with E-state index in [1.807, 2.05) is 0 Å². The topological polar surface area (TPSA) is 69.2 Å². The lowest BCUT2D eigenvalue weighted by molar-refractivity contribution is 0.415. The lowest BCUT2D eigenvalue weighted by Gasteiger charge is -2.01. The maximum absolute atomic E-state index is 11.5. The average Bonchev–Trinajstić information content (AvgIpc) is 2.78. The summed E-state index contributed by atoms with van der Waals surface area (Å²) >= 11 is 0.881. The third-order valence-corrected chi connectivity index (χ3v) is 4.68. The minimum Gasteiger partial charge on any atom is -0.497 e. The molecule has 0 fully saturated rings. The smallest absolute Gasteiger partial charge is 0.188 e. The number of methoxy groups -OCH3 is 1. The van der Waals surface area contributed by atoms with Crippen LogP contribution >= 0.6 is 11.5 Å². The Kier molecular flexibility index (Phi) is 3.12. The first kappa shape index (κ1) is 12.0. The van der Waals surface area contributed by atoms with Crippen LogP contribution in [0.1, 0.15) is 0 Å². The molecule has 0 aliphatic heterocycles. The van der Waals surface area contributed by atoms with Crippen molar-refractivity contribution < 1.29 is 13.2 Å². The lowest BCUT2D eigenvalue weighted by Crippen LogP contribution is -1.96. The third kappa shape index (κ3) is 2.45. The maximum Gasteiger partial charge on any atom is 0.188 e. The third-order valence-electron chi connectivity index (χ3n) is 2.16. The molecule has 0 aliphatic rings. The van der Waals surface area contributed by atoms with Crippen molar-refractivity contribution in [2.45, 2.75) is 4.21 Å². The minimum absolute atomic E-state index is 0.183. The second-order valence-corrected chi connectivity index (χ2v) is 6.37. The Morgan fingerprint density at radius 2 is 1.88 bits per heavy atom. The fourth-order valence-electron chi connectivity index (χ4n) is 1.35. The van der Waals surface area contributed by atoms with E-state index in [0.29, 0.717) is 17.0 Å². The van der Waals surface area contributed by atoms with Gasteiger partial charge in [0.05, 0.1) is 7.11 Å². The van der Waals surface area contributed by atoms with Gasteiger partial charge in [0.2, 0.25) is 0 Å². The molecular weight excluding hydrogens is 260 g/mol. The fraction of sp³-hybridized carbons (Fsp3) is 0.200. The largest absolute Gasteiger partial charge is 0.497 e. The molecule has 0 amide bonds.